The largest absolute Gasteiger partial charge is 0.467 e. The van der Waals surface area contributed by atoms with E-state index < -0.39 is 16.2 Å². The molecule has 3 bridgehead atoms. The van der Waals surface area contributed by atoms with Gasteiger partial charge in [-0.2, -0.15) is 0 Å². The molecule has 2 N–H and O–H groups in total. The Balaban J connectivity index is 1.40. The van der Waals surface area contributed by atoms with Crippen molar-refractivity contribution in [2.45, 2.75) is 27.4 Å². The number of nitrogens with two attached hydrogens (primary N) is 1. The van der Waals surface area contributed by atoms with E-state index in [-0.39, 0.29) is 18.0 Å². The number of nitrogens with zero attached hydrogens (tertiary/aromatic N) is 2. The van der Waals surface area contributed by atoms with Gasteiger partial charge in [0.2, 0.25) is 5.91 Å². The molecule has 0 saturated carbocycles. The molecule has 1 aliphatic heterocycles. The lowest BCUT2D eigenvalue weighted by Crippen LogP contribution is -2.22. The summed E-state index contributed by atoms with van der Waals surface area (Å²) in [7, 11) is 0.517. The zero-order valence-electron chi connectivity index (χ0n) is 15.3. The fourth-order valence-corrected chi connectivity index (χ4v) is 5.00. The predicted molar refractivity (Wildman–Crippen MR) is 107 cm³/mol. The second kappa shape index (κ2) is 7.57. The minimum absolute atomic E-state index is 0.0604. The van der Waals surface area contributed by atoms with Crippen molar-refractivity contribution in [1.29, 1.82) is 0 Å². The second-order valence-electron chi connectivity index (χ2n) is 6.37. The molecule has 1 aliphatic rings. The van der Waals surface area contributed by atoms with Crippen LogP contribution >= 0.6 is 11.8 Å². The van der Waals surface area contributed by atoms with Crippen molar-refractivity contribution >= 4 is 39.5 Å². The van der Waals surface area contributed by atoms with Gasteiger partial charge in [-0.1, -0.05) is 0 Å². The van der Waals surface area contributed by atoms with Gasteiger partial charge in [0, 0.05) is 16.8 Å². The molecule has 7 nitrogen and oxygen atoms in total. The summed E-state index contributed by atoms with van der Waals surface area (Å²) in [6, 6.07) is 12.9. The number of primary amides is 1. The highest BCUT2D eigenvalue weighted by Gasteiger charge is 2.30. The van der Waals surface area contributed by atoms with Crippen LogP contribution in [-0.4, -0.2) is 31.7 Å². The summed E-state index contributed by atoms with van der Waals surface area (Å²) in [5.74, 6) is 0.876. The van der Waals surface area contributed by atoms with Crippen LogP contribution in [0.3, 0.4) is 0 Å². The van der Waals surface area contributed by atoms with E-state index in [2.05, 4.69) is 4.98 Å². The van der Waals surface area contributed by atoms with Gasteiger partial charge in [-0.15, -0.1) is 11.8 Å². The fourth-order valence-electron chi connectivity index (χ4n) is 2.92. The molecule has 1 aromatic heterocycles. The molecule has 0 saturated heterocycles. The maximum absolute atomic E-state index is 12.8. The monoisotopic (exact) mass is 417 g/mol. The smallest absolute Gasteiger partial charge is 0.230 e. The van der Waals surface area contributed by atoms with Crippen molar-refractivity contribution in [3.05, 3.63) is 48.3 Å². The molecule has 9 heteroatoms. The zero-order valence-corrected chi connectivity index (χ0v) is 17.0. The molecule has 0 aliphatic carbocycles. The first-order valence-corrected chi connectivity index (χ1v) is 10.7. The summed E-state index contributed by atoms with van der Waals surface area (Å²) in [6.45, 7) is 1.70. The number of amides is 1. The van der Waals surface area contributed by atoms with Gasteiger partial charge in [-0.3, -0.25) is 9.00 Å². The first kappa shape index (κ1) is 19.0. The average molecular weight is 418 g/mol. The van der Waals surface area contributed by atoms with Crippen molar-refractivity contribution in [3.8, 4) is 5.75 Å². The van der Waals surface area contributed by atoms with E-state index in [1.54, 1.807) is 19.1 Å². The molecule has 1 amide bonds. The quantitative estimate of drug-likeness (QED) is 0.469. The summed E-state index contributed by atoms with van der Waals surface area (Å²) in [5, 5.41) is -0.303. The Morgan fingerprint density at radius 3 is 2.79 bits per heavy atom. The number of carbonyl (C=O) groups is 1. The van der Waals surface area contributed by atoms with Crippen molar-refractivity contribution in [2.24, 2.45) is 12.8 Å². The van der Waals surface area contributed by atoms with Gasteiger partial charge >= 0.3 is 0 Å². The molecule has 3 unspecified atom stereocenters. The number of hydrogen-bond acceptors (Lipinski definition) is 6. The van der Waals surface area contributed by atoms with Crippen molar-refractivity contribution in [1.82, 2.24) is 9.55 Å². The topological polar surface area (TPSA) is 96.4 Å². The predicted octanol–water partition coefficient (Wildman–Crippen LogP) is 2.71. The fraction of sp³-hybridized carbons (Fsp3) is 0.263. The molecule has 0 spiro atoms. The van der Waals surface area contributed by atoms with Crippen molar-refractivity contribution in [2.75, 3.05) is 6.79 Å². The highest BCUT2D eigenvalue weighted by Crippen LogP contribution is 2.34. The van der Waals surface area contributed by atoms with E-state index in [0.717, 1.165) is 15.9 Å². The Morgan fingerprint density at radius 2 is 2.07 bits per heavy atom. The number of rotatable bonds is 7. The second-order valence-corrected chi connectivity index (χ2v) is 9.28. The van der Waals surface area contributed by atoms with E-state index >= 15 is 0 Å². The maximum atomic E-state index is 12.8. The Morgan fingerprint density at radius 1 is 1.32 bits per heavy atom. The summed E-state index contributed by atoms with van der Waals surface area (Å²) >= 11 is 1.38. The Bertz CT molecular complexity index is 1060. The number of imidazole rings is 1. The molecule has 0 radical (unpaired) electrons. The van der Waals surface area contributed by atoms with Gasteiger partial charge in [-0.05, 0) is 49.4 Å². The molecule has 2 heterocycles. The summed E-state index contributed by atoms with van der Waals surface area (Å²) in [4.78, 5) is 17.3. The normalized spacial score (nSPS) is 19.1. The lowest BCUT2D eigenvalue weighted by molar-refractivity contribution is -0.117. The zero-order chi connectivity index (χ0) is 19.8. The first-order valence-electron chi connectivity index (χ1n) is 8.61. The third-order valence-electron chi connectivity index (χ3n) is 4.51. The third kappa shape index (κ3) is 3.52. The van der Waals surface area contributed by atoms with Gasteiger partial charge in [0.25, 0.3) is 0 Å². The molecule has 3 atom stereocenters. The molecule has 146 valence electrons. The number of aromatic nitrogens is 2. The van der Waals surface area contributed by atoms with Gasteiger partial charge in [0.15, 0.2) is 18.1 Å². The molecule has 3 aromatic rings. The van der Waals surface area contributed by atoms with E-state index in [4.69, 9.17) is 15.2 Å². The van der Waals surface area contributed by atoms with Crippen LogP contribution in [0.25, 0.3) is 11.0 Å². The number of hydrogen-bond donors (Lipinski definition) is 1. The van der Waals surface area contributed by atoms with Gasteiger partial charge in [0.1, 0.15) is 5.75 Å². The van der Waals surface area contributed by atoms with Gasteiger partial charge in [0.05, 0.1) is 27.1 Å². The van der Waals surface area contributed by atoms with Crippen molar-refractivity contribution in [3.63, 3.8) is 0 Å². The molecule has 2 aromatic carbocycles. The SMILES string of the molecule is CC(Sc1ccc(OCOC2c3nc4ccc(cc4n3C)S2=O)cc1)C(N)=O. The number of ether oxygens (including phenoxy) is 2. The van der Waals surface area contributed by atoms with Crippen LogP contribution in [0.15, 0.2) is 52.3 Å². The van der Waals surface area contributed by atoms with E-state index in [1.165, 1.54) is 11.8 Å². The van der Waals surface area contributed by atoms with Crippen LogP contribution < -0.4 is 10.5 Å². The van der Waals surface area contributed by atoms with Crippen LogP contribution in [0.2, 0.25) is 0 Å². The Hall–Kier alpha value is -2.36. The van der Waals surface area contributed by atoms with E-state index in [0.29, 0.717) is 16.5 Å². The van der Waals surface area contributed by atoms with Crippen LogP contribution in [0.4, 0.5) is 0 Å². The van der Waals surface area contributed by atoms with E-state index in [9.17, 15) is 9.00 Å². The van der Waals surface area contributed by atoms with Gasteiger partial charge in [-0.25, -0.2) is 4.98 Å². The number of carbonyl (C=O) groups excluding carboxylic acids is 1. The minimum Gasteiger partial charge on any atom is -0.467 e. The number of fused-ring (bicyclic) bond motifs is 2. The van der Waals surface area contributed by atoms with Crippen LogP contribution in [0.5, 0.6) is 5.75 Å². The van der Waals surface area contributed by atoms with E-state index in [1.807, 2.05) is 41.9 Å². The highest BCUT2D eigenvalue weighted by atomic mass is 32.2. The molecule has 28 heavy (non-hydrogen) atoms. The average Bonchev–Trinajstić information content (AvgIpc) is 2.98. The molecular weight excluding hydrogens is 398 g/mol. The number of thioether (sulfide) groups is 1. The summed E-state index contributed by atoms with van der Waals surface area (Å²) in [6.07, 6.45) is 0. The maximum Gasteiger partial charge on any atom is 0.230 e. The van der Waals surface area contributed by atoms with Crippen LogP contribution in [-0.2, 0) is 27.4 Å². The molecular formula is C19H19N3O4S2. The highest BCUT2D eigenvalue weighted by molar-refractivity contribution is 8.00. The first-order chi connectivity index (χ1) is 13.4. The lowest BCUT2D eigenvalue weighted by Gasteiger charge is -2.17. The lowest BCUT2D eigenvalue weighted by atomic mass is 10.3. The summed E-state index contributed by atoms with van der Waals surface area (Å²) < 4.78 is 26.2. The number of aryl methyl sites for hydroxylation is 1. The Kier molecular flexibility index (Phi) is 5.13. The van der Waals surface area contributed by atoms with Crippen LogP contribution in [0, 0.1) is 0 Å². The van der Waals surface area contributed by atoms with Gasteiger partial charge < -0.3 is 19.8 Å². The molecule has 4 rings (SSSR count). The minimum atomic E-state index is -1.37. The standard InChI is InChI=1S/C19H19N3O4S2/c1-11(17(20)23)27-13-5-3-12(4-6-13)25-10-26-19-18-21-15-8-7-14(28(19)24)9-16(15)22(18)2/h3-9,11,19H,10H2,1-2H3,(H2,20,23). The van der Waals surface area contributed by atoms with Crippen molar-refractivity contribution < 1.29 is 18.5 Å². The molecule has 0 fully saturated rings. The van der Waals surface area contributed by atoms with Crippen LogP contribution in [0.1, 0.15) is 18.2 Å². The summed E-state index contributed by atoms with van der Waals surface area (Å²) in [5.41, 5.74) is 6.38. The third-order valence-corrected chi connectivity index (χ3v) is 7.09. The Labute approximate surface area is 168 Å². The number of benzene rings is 2.